The van der Waals surface area contributed by atoms with Crippen LogP contribution in [0.4, 0.5) is 8.78 Å². The normalized spacial score (nSPS) is 12.4. The van der Waals surface area contributed by atoms with Crippen LogP contribution < -0.4 is 5.32 Å². The molecule has 0 unspecified atom stereocenters. The summed E-state index contributed by atoms with van der Waals surface area (Å²) in [6.07, 6.45) is -0.633. The van der Waals surface area contributed by atoms with Crippen LogP contribution in [0.5, 0.6) is 0 Å². The van der Waals surface area contributed by atoms with Crippen molar-refractivity contribution in [1.29, 1.82) is 0 Å². The first kappa shape index (κ1) is 17.8. The highest BCUT2D eigenvalue weighted by Gasteiger charge is 2.38. The molecule has 0 saturated carbocycles. The van der Waals surface area contributed by atoms with E-state index in [2.05, 4.69) is 5.32 Å². The number of esters is 1. The molecule has 4 nitrogen and oxygen atoms in total. The van der Waals surface area contributed by atoms with Gasteiger partial charge in [-0.1, -0.05) is 13.8 Å². The molecule has 6 heteroatoms. The fraction of sp³-hybridized carbons (Fsp3) is 0.846. The first-order valence-electron chi connectivity index (χ1n) is 6.32. The van der Waals surface area contributed by atoms with Crippen LogP contribution in [0, 0.1) is 5.92 Å². The van der Waals surface area contributed by atoms with Gasteiger partial charge in [0.25, 0.3) is 5.91 Å². The van der Waals surface area contributed by atoms with Gasteiger partial charge < -0.3 is 10.1 Å². The zero-order chi connectivity index (χ0) is 15.3. The van der Waals surface area contributed by atoms with Crippen LogP contribution in [0.1, 0.15) is 47.5 Å². The van der Waals surface area contributed by atoms with Gasteiger partial charge in [-0.05, 0) is 26.7 Å². The van der Waals surface area contributed by atoms with Gasteiger partial charge in [-0.3, -0.25) is 9.59 Å². The second kappa shape index (κ2) is 6.82. The lowest BCUT2D eigenvalue weighted by atomic mass is 10.0. The van der Waals surface area contributed by atoms with Crippen molar-refractivity contribution in [3.8, 4) is 0 Å². The Hall–Kier alpha value is -1.20. The number of nitrogens with one attached hydrogen (secondary N) is 1. The topological polar surface area (TPSA) is 55.4 Å². The molecule has 112 valence electrons. The smallest absolute Gasteiger partial charge is 0.324 e. The Bertz CT molecular complexity index is 322. The van der Waals surface area contributed by atoms with Gasteiger partial charge in [-0.2, -0.15) is 8.78 Å². The number of carbonyl (C=O) groups is 2. The molecule has 0 saturated heterocycles. The maximum atomic E-state index is 13.3. The minimum atomic E-state index is -3.40. The third-order valence-corrected chi connectivity index (χ3v) is 2.03. The minimum Gasteiger partial charge on any atom is -0.460 e. The molecular weight excluding hydrogens is 256 g/mol. The Balaban J connectivity index is 4.08. The molecule has 0 atom stereocenters. The van der Waals surface area contributed by atoms with E-state index in [-0.39, 0.29) is 18.9 Å². The van der Waals surface area contributed by atoms with Gasteiger partial charge in [0, 0.05) is 13.0 Å². The third-order valence-electron chi connectivity index (χ3n) is 2.03. The van der Waals surface area contributed by atoms with E-state index in [1.807, 2.05) is 0 Å². The Morgan fingerprint density at radius 1 is 1.21 bits per heavy atom. The third kappa shape index (κ3) is 8.51. The molecule has 0 aliphatic heterocycles. The lowest BCUT2D eigenvalue weighted by molar-refractivity contribution is -0.155. The molecule has 0 aromatic carbocycles. The first-order valence-corrected chi connectivity index (χ1v) is 6.32. The van der Waals surface area contributed by atoms with E-state index in [1.165, 1.54) is 0 Å². The number of ether oxygens (including phenoxy) is 1. The van der Waals surface area contributed by atoms with Gasteiger partial charge >= 0.3 is 11.9 Å². The molecule has 0 spiro atoms. The molecule has 0 heterocycles. The van der Waals surface area contributed by atoms with Crippen LogP contribution in [0.3, 0.4) is 0 Å². The van der Waals surface area contributed by atoms with E-state index in [1.54, 1.807) is 34.6 Å². The summed E-state index contributed by atoms with van der Waals surface area (Å²) in [5, 5.41) is 2.06. The average Bonchev–Trinajstić information content (AvgIpc) is 2.11. The number of hydrogen-bond donors (Lipinski definition) is 1. The number of carbonyl (C=O) groups excluding carboxylic acids is 2. The predicted octanol–water partition coefficient (Wildman–Crippen LogP) is 2.52. The van der Waals surface area contributed by atoms with E-state index < -0.39 is 29.8 Å². The number of halogens is 2. The molecule has 0 radical (unpaired) electrons. The molecule has 0 aliphatic rings. The molecule has 19 heavy (non-hydrogen) atoms. The highest BCUT2D eigenvalue weighted by molar-refractivity contribution is 5.83. The summed E-state index contributed by atoms with van der Waals surface area (Å²) in [5.74, 6) is -5.56. The van der Waals surface area contributed by atoms with Crippen molar-refractivity contribution in [1.82, 2.24) is 5.32 Å². The number of hydrogen-bond acceptors (Lipinski definition) is 3. The Labute approximate surface area is 112 Å². The van der Waals surface area contributed by atoms with E-state index >= 15 is 0 Å². The molecule has 0 aromatic heterocycles. The second-order valence-corrected chi connectivity index (χ2v) is 5.89. The maximum absolute atomic E-state index is 13.3. The van der Waals surface area contributed by atoms with Crippen LogP contribution in [0.2, 0.25) is 0 Å². The summed E-state index contributed by atoms with van der Waals surface area (Å²) in [6, 6.07) is 0. The van der Waals surface area contributed by atoms with Crippen molar-refractivity contribution in [2.75, 3.05) is 6.54 Å². The van der Waals surface area contributed by atoms with Crippen LogP contribution in [0.25, 0.3) is 0 Å². The Morgan fingerprint density at radius 2 is 1.74 bits per heavy atom. The number of alkyl halides is 2. The molecule has 1 amide bonds. The average molecular weight is 279 g/mol. The highest BCUT2D eigenvalue weighted by Crippen LogP contribution is 2.23. The number of amides is 1. The van der Waals surface area contributed by atoms with Gasteiger partial charge in [0.05, 0.1) is 6.42 Å². The van der Waals surface area contributed by atoms with Crippen molar-refractivity contribution in [3.05, 3.63) is 0 Å². The quantitative estimate of drug-likeness (QED) is 0.760. The largest absolute Gasteiger partial charge is 0.460 e. The molecule has 1 N–H and O–H groups in total. The van der Waals surface area contributed by atoms with Crippen molar-refractivity contribution in [2.45, 2.75) is 59.0 Å². The minimum absolute atomic E-state index is 0.124. The zero-order valence-electron chi connectivity index (χ0n) is 12.2. The van der Waals surface area contributed by atoms with E-state index in [9.17, 15) is 18.4 Å². The SMILES string of the molecule is CC(C)CC(F)(F)C(=O)NCCC(=O)OC(C)(C)C. The molecule has 0 aliphatic carbocycles. The summed E-state index contributed by atoms with van der Waals surface area (Å²) in [7, 11) is 0. The molecule has 0 rings (SSSR count). The fourth-order valence-electron chi connectivity index (χ4n) is 1.41. The van der Waals surface area contributed by atoms with Crippen molar-refractivity contribution < 1.29 is 23.1 Å². The van der Waals surface area contributed by atoms with E-state index in [0.717, 1.165) is 0 Å². The summed E-state index contributed by atoms with van der Waals surface area (Å²) < 4.78 is 31.7. The van der Waals surface area contributed by atoms with Gasteiger partial charge in [-0.15, -0.1) is 0 Å². The standard InChI is InChI=1S/C13H23F2NO3/c1-9(2)8-13(14,15)11(18)16-7-6-10(17)19-12(3,4)5/h9H,6-8H2,1-5H3,(H,16,18). The molecular formula is C13H23F2NO3. The summed E-state index contributed by atoms with van der Waals surface area (Å²) >= 11 is 0. The van der Waals surface area contributed by atoms with E-state index in [0.29, 0.717) is 0 Å². The van der Waals surface area contributed by atoms with E-state index in [4.69, 9.17) is 4.74 Å². The van der Waals surface area contributed by atoms with Crippen molar-refractivity contribution >= 4 is 11.9 Å². The summed E-state index contributed by atoms with van der Waals surface area (Å²) in [4.78, 5) is 22.6. The van der Waals surface area contributed by atoms with Gasteiger partial charge in [-0.25, -0.2) is 0 Å². The van der Waals surface area contributed by atoms with Gasteiger partial charge in [0.2, 0.25) is 0 Å². The second-order valence-electron chi connectivity index (χ2n) is 5.89. The van der Waals surface area contributed by atoms with Gasteiger partial charge in [0.15, 0.2) is 0 Å². The number of rotatable bonds is 6. The summed E-state index contributed by atoms with van der Waals surface area (Å²) in [5.41, 5.74) is -0.622. The fourth-order valence-corrected chi connectivity index (χ4v) is 1.41. The monoisotopic (exact) mass is 279 g/mol. The molecule has 0 fully saturated rings. The first-order chi connectivity index (χ1) is 8.44. The predicted molar refractivity (Wildman–Crippen MR) is 67.9 cm³/mol. The lowest BCUT2D eigenvalue weighted by Crippen LogP contribution is -2.42. The van der Waals surface area contributed by atoms with Crippen LogP contribution >= 0.6 is 0 Å². The molecule has 0 aromatic rings. The van der Waals surface area contributed by atoms with Crippen LogP contribution in [0.15, 0.2) is 0 Å². The van der Waals surface area contributed by atoms with Gasteiger partial charge in [0.1, 0.15) is 5.60 Å². The zero-order valence-corrected chi connectivity index (χ0v) is 12.2. The Morgan fingerprint density at radius 3 is 2.16 bits per heavy atom. The molecule has 0 bridgehead atoms. The van der Waals surface area contributed by atoms with Crippen molar-refractivity contribution in [2.24, 2.45) is 5.92 Å². The highest BCUT2D eigenvalue weighted by atomic mass is 19.3. The van der Waals surface area contributed by atoms with Crippen LogP contribution in [-0.2, 0) is 14.3 Å². The maximum Gasteiger partial charge on any atom is 0.324 e. The van der Waals surface area contributed by atoms with Crippen molar-refractivity contribution in [3.63, 3.8) is 0 Å². The lowest BCUT2D eigenvalue weighted by Gasteiger charge is -2.20. The summed E-state index contributed by atoms with van der Waals surface area (Å²) in [6.45, 7) is 8.20. The van der Waals surface area contributed by atoms with Crippen LogP contribution in [-0.4, -0.2) is 29.9 Å². The Kier molecular flexibility index (Phi) is 6.39.